The monoisotopic (exact) mass is 228 g/mol. The van der Waals surface area contributed by atoms with Crippen molar-refractivity contribution in [3.8, 4) is 0 Å². The number of halogens is 2. The third-order valence-corrected chi connectivity index (χ3v) is 2.26. The Bertz CT molecular complexity index is 370. The van der Waals surface area contributed by atoms with Crippen molar-refractivity contribution in [2.45, 2.75) is 6.92 Å². The molecule has 0 atom stereocenters. The molecule has 0 aliphatic carbocycles. The van der Waals surface area contributed by atoms with Crippen molar-refractivity contribution in [1.82, 2.24) is 0 Å². The number of allylic oxidation sites excluding steroid dienone is 1. The summed E-state index contributed by atoms with van der Waals surface area (Å²) < 4.78 is 0. The maximum absolute atomic E-state index is 11.1. The van der Waals surface area contributed by atoms with E-state index in [1.54, 1.807) is 12.1 Å². The highest BCUT2D eigenvalue weighted by Gasteiger charge is 2.04. The number of hydrogen-bond donors (Lipinski definition) is 0. The van der Waals surface area contributed by atoms with Crippen LogP contribution in [0.3, 0.4) is 0 Å². The van der Waals surface area contributed by atoms with Crippen molar-refractivity contribution in [1.29, 1.82) is 0 Å². The van der Waals surface area contributed by atoms with Crippen LogP contribution < -0.4 is 0 Å². The van der Waals surface area contributed by atoms with Crippen LogP contribution in [0, 0.1) is 0 Å². The lowest BCUT2D eigenvalue weighted by molar-refractivity contribution is 0.101. The number of alkyl halides is 1. The standard InChI is InChI=1S/C11H10Cl2O/c1-8(14)10-5-4-9(3-2-6-12)7-11(10)13/h2-5,7H,6H2,1H3. The van der Waals surface area contributed by atoms with Crippen LogP contribution in [-0.4, -0.2) is 11.7 Å². The van der Waals surface area contributed by atoms with Crippen LogP contribution in [0.2, 0.25) is 5.02 Å². The quantitative estimate of drug-likeness (QED) is 0.569. The molecular formula is C11H10Cl2O. The van der Waals surface area contributed by atoms with E-state index >= 15 is 0 Å². The lowest BCUT2D eigenvalue weighted by Crippen LogP contribution is -1.92. The van der Waals surface area contributed by atoms with Gasteiger partial charge in [0, 0.05) is 11.4 Å². The Balaban J connectivity index is 3.00. The molecule has 0 aromatic heterocycles. The van der Waals surface area contributed by atoms with Crippen LogP contribution >= 0.6 is 23.2 Å². The Morgan fingerprint density at radius 1 is 1.50 bits per heavy atom. The summed E-state index contributed by atoms with van der Waals surface area (Å²) in [5.74, 6) is 0.439. The van der Waals surface area contributed by atoms with Gasteiger partial charge in [-0.3, -0.25) is 4.79 Å². The zero-order valence-electron chi connectivity index (χ0n) is 7.76. The van der Waals surface area contributed by atoms with Gasteiger partial charge in [-0.2, -0.15) is 0 Å². The Hall–Kier alpha value is -0.790. The molecule has 1 nitrogen and oxygen atoms in total. The number of benzene rings is 1. The average Bonchev–Trinajstić information content (AvgIpc) is 2.14. The summed E-state index contributed by atoms with van der Waals surface area (Å²) in [4.78, 5) is 11.1. The van der Waals surface area contributed by atoms with E-state index in [9.17, 15) is 4.79 Å². The fourth-order valence-corrected chi connectivity index (χ4v) is 1.51. The summed E-state index contributed by atoms with van der Waals surface area (Å²) in [6.07, 6.45) is 3.68. The molecule has 0 bridgehead atoms. The molecule has 0 saturated heterocycles. The summed E-state index contributed by atoms with van der Waals surface area (Å²) >= 11 is 11.4. The molecule has 0 aliphatic rings. The van der Waals surface area contributed by atoms with Gasteiger partial charge in [-0.15, -0.1) is 11.6 Å². The van der Waals surface area contributed by atoms with Gasteiger partial charge in [0.05, 0.1) is 5.02 Å². The highest BCUT2D eigenvalue weighted by molar-refractivity contribution is 6.34. The van der Waals surface area contributed by atoms with Crippen LogP contribution in [0.5, 0.6) is 0 Å². The first-order chi connectivity index (χ1) is 6.65. The van der Waals surface area contributed by atoms with Crippen molar-refractivity contribution >= 4 is 35.1 Å². The summed E-state index contributed by atoms with van der Waals surface area (Å²) in [6, 6.07) is 5.31. The zero-order chi connectivity index (χ0) is 10.6. The van der Waals surface area contributed by atoms with Crippen LogP contribution in [0.15, 0.2) is 24.3 Å². The maximum atomic E-state index is 11.1. The Kier molecular flexibility index (Phi) is 4.18. The molecule has 0 spiro atoms. The van der Waals surface area contributed by atoms with Crippen LogP contribution in [0.4, 0.5) is 0 Å². The molecule has 0 fully saturated rings. The molecule has 0 heterocycles. The van der Waals surface area contributed by atoms with Crippen molar-refractivity contribution in [2.24, 2.45) is 0 Å². The Morgan fingerprint density at radius 3 is 2.71 bits per heavy atom. The van der Waals surface area contributed by atoms with E-state index in [4.69, 9.17) is 23.2 Å². The number of rotatable bonds is 3. The van der Waals surface area contributed by atoms with Crippen LogP contribution in [0.25, 0.3) is 6.08 Å². The first-order valence-electron chi connectivity index (χ1n) is 4.18. The molecule has 14 heavy (non-hydrogen) atoms. The summed E-state index contributed by atoms with van der Waals surface area (Å²) in [6.45, 7) is 1.50. The number of ketones is 1. The average molecular weight is 229 g/mol. The van der Waals surface area contributed by atoms with Gasteiger partial charge in [-0.1, -0.05) is 29.8 Å². The topological polar surface area (TPSA) is 17.1 Å². The fourth-order valence-electron chi connectivity index (χ4n) is 1.10. The molecule has 0 amide bonds. The van der Waals surface area contributed by atoms with Gasteiger partial charge in [0.2, 0.25) is 0 Å². The molecule has 74 valence electrons. The maximum Gasteiger partial charge on any atom is 0.161 e. The van der Waals surface area contributed by atoms with Gasteiger partial charge in [0.1, 0.15) is 0 Å². The molecule has 3 heteroatoms. The van der Waals surface area contributed by atoms with Crippen LogP contribution in [-0.2, 0) is 0 Å². The molecule has 1 aromatic carbocycles. The van der Waals surface area contributed by atoms with Crippen molar-refractivity contribution in [3.63, 3.8) is 0 Å². The lowest BCUT2D eigenvalue weighted by Gasteiger charge is -2.00. The van der Waals surface area contributed by atoms with E-state index in [1.807, 2.05) is 18.2 Å². The zero-order valence-corrected chi connectivity index (χ0v) is 9.27. The normalized spacial score (nSPS) is 10.8. The minimum absolute atomic E-state index is 0.0251. The minimum Gasteiger partial charge on any atom is -0.294 e. The van der Waals surface area contributed by atoms with Gasteiger partial charge in [-0.05, 0) is 24.6 Å². The summed E-state index contributed by atoms with van der Waals surface area (Å²) in [5.41, 5.74) is 1.50. The van der Waals surface area contributed by atoms with Crippen molar-refractivity contribution < 1.29 is 4.79 Å². The summed E-state index contributed by atoms with van der Waals surface area (Å²) in [7, 11) is 0. The molecule has 0 aliphatic heterocycles. The number of hydrogen-bond acceptors (Lipinski definition) is 1. The van der Waals surface area contributed by atoms with Gasteiger partial charge in [-0.25, -0.2) is 0 Å². The molecule has 0 N–H and O–H groups in total. The first-order valence-corrected chi connectivity index (χ1v) is 5.09. The molecule has 0 unspecified atom stereocenters. The largest absolute Gasteiger partial charge is 0.294 e. The third-order valence-electron chi connectivity index (χ3n) is 1.77. The minimum atomic E-state index is -0.0251. The number of carbonyl (C=O) groups is 1. The molecule has 0 radical (unpaired) electrons. The summed E-state index contributed by atoms with van der Waals surface area (Å²) in [5, 5.41) is 0.481. The van der Waals surface area contributed by atoms with Crippen molar-refractivity contribution in [2.75, 3.05) is 5.88 Å². The number of carbonyl (C=O) groups excluding carboxylic acids is 1. The smallest absolute Gasteiger partial charge is 0.161 e. The molecule has 0 saturated carbocycles. The second-order valence-corrected chi connectivity index (χ2v) is 3.57. The lowest BCUT2D eigenvalue weighted by atomic mass is 10.1. The van der Waals surface area contributed by atoms with E-state index < -0.39 is 0 Å². The predicted molar refractivity (Wildman–Crippen MR) is 61.2 cm³/mol. The van der Waals surface area contributed by atoms with Gasteiger partial charge < -0.3 is 0 Å². The van der Waals surface area contributed by atoms with Crippen LogP contribution in [0.1, 0.15) is 22.8 Å². The van der Waals surface area contributed by atoms with Crippen molar-refractivity contribution in [3.05, 3.63) is 40.4 Å². The highest BCUT2D eigenvalue weighted by Crippen LogP contribution is 2.19. The van der Waals surface area contributed by atoms with E-state index in [1.165, 1.54) is 6.92 Å². The van der Waals surface area contributed by atoms with Gasteiger partial charge >= 0.3 is 0 Å². The fraction of sp³-hybridized carbons (Fsp3) is 0.182. The second kappa shape index (κ2) is 5.18. The van der Waals surface area contributed by atoms with E-state index in [0.717, 1.165) is 5.56 Å². The van der Waals surface area contributed by atoms with Gasteiger partial charge in [0.25, 0.3) is 0 Å². The highest BCUT2D eigenvalue weighted by atomic mass is 35.5. The second-order valence-electron chi connectivity index (χ2n) is 2.85. The van der Waals surface area contributed by atoms with E-state index in [2.05, 4.69) is 0 Å². The molecule has 1 aromatic rings. The Morgan fingerprint density at radius 2 is 2.21 bits per heavy atom. The SMILES string of the molecule is CC(=O)c1ccc(C=CCCl)cc1Cl. The predicted octanol–water partition coefficient (Wildman–Crippen LogP) is 3.79. The first kappa shape index (κ1) is 11.3. The van der Waals surface area contributed by atoms with Gasteiger partial charge in [0.15, 0.2) is 5.78 Å². The van der Waals surface area contributed by atoms with E-state index in [-0.39, 0.29) is 5.78 Å². The van der Waals surface area contributed by atoms with E-state index in [0.29, 0.717) is 16.5 Å². The molecular weight excluding hydrogens is 219 g/mol. The Labute approximate surface area is 93.3 Å². The number of Topliss-reactive ketones (excluding diaryl/α,β-unsaturated/α-hetero) is 1. The molecule has 1 rings (SSSR count). The third kappa shape index (κ3) is 2.86.